The normalized spacial score (nSPS) is 17.8. The summed E-state index contributed by atoms with van der Waals surface area (Å²) >= 11 is 0. The Labute approximate surface area is 106 Å². The van der Waals surface area contributed by atoms with Crippen LogP contribution in [0, 0.1) is 0 Å². The lowest BCUT2D eigenvalue weighted by Crippen LogP contribution is -2.42. The van der Waals surface area contributed by atoms with E-state index >= 15 is 0 Å². The van der Waals surface area contributed by atoms with Gasteiger partial charge in [0.25, 0.3) is 0 Å². The molecular formula is C11H19N5O2. The zero-order valence-electron chi connectivity index (χ0n) is 11.0. The summed E-state index contributed by atoms with van der Waals surface area (Å²) in [5.41, 5.74) is -0.441. The second-order valence-corrected chi connectivity index (χ2v) is 5.49. The molecule has 2 heterocycles. The summed E-state index contributed by atoms with van der Waals surface area (Å²) in [4.78, 5) is 13.6. The lowest BCUT2D eigenvalue weighted by atomic mass is 10.1. The first-order chi connectivity index (χ1) is 8.46. The Morgan fingerprint density at radius 3 is 2.50 bits per heavy atom. The number of ether oxygens (including phenoxy) is 1. The quantitative estimate of drug-likeness (QED) is 0.753. The molecule has 0 saturated carbocycles. The van der Waals surface area contributed by atoms with Crippen LogP contribution >= 0.6 is 0 Å². The van der Waals surface area contributed by atoms with Crippen LogP contribution in [0.4, 0.5) is 4.79 Å². The highest BCUT2D eigenvalue weighted by Gasteiger charge is 2.27. The van der Waals surface area contributed by atoms with Gasteiger partial charge in [-0.15, -0.1) is 5.10 Å². The first kappa shape index (κ1) is 12.8. The van der Waals surface area contributed by atoms with E-state index in [2.05, 4.69) is 15.5 Å². The number of rotatable bonds is 1. The molecule has 0 N–H and O–H groups in total. The maximum atomic E-state index is 11.9. The largest absolute Gasteiger partial charge is 0.444 e. The molecule has 1 aliphatic rings. The number of likely N-dealkylation sites (tertiary alicyclic amines) is 1. The fourth-order valence-corrected chi connectivity index (χ4v) is 1.98. The van der Waals surface area contributed by atoms with Gasteiger partial charge in [-0.1, -0.05) is 0 Å². The van der Waals surface area contributed by atoms with Crippen molar-refractivity contribution in [2.75, 3.05) is 13.1 Å². The molecular weight excluding hydrogens is 234 g/mol. The van der Waals surface area contributed by atoms with E-state index < -0.39 is 5.60 Å². The smallest absolute Gasteiger partial charge is 0.410 e. The Balaban J connectivity index is 1.85. The summed E-state index contributed by atoms with van der Waals surface area (Å²) < 4.78 is 7.10. The molecule has 1 fully saturated rings. The van der Waals surface area contributed by atoms with E-state index in [1.54, 1.807) is 15.9 Å². The van der Waals surface area contributed by atoms with Crippen molar-refractivity contribution in [3.63, 3.8) is 0 Å². The summed E-state index contributed by atoms with van der Waals surface area (Å²) in [7, 11) is 0. The van der Waals surface area contributed by atoms with Gasteiger partial charge in [0.15, 0.2) is 0 Å². The van der Waals surface area contributed by atoms with E-state index in [4.69, 9.17) is 4.74 Å². The molecule has 0 aliphatic carbocycles. The van der Waals surface area contributed by atoms with Crippen molar-refractivity contribution in [1.82, 2.24) is 25.1 Å². The van der Waals surface area contributed by atoms with E-state index in [9.17, 15) is 4.79 Å². The van der Waals surface area contributed by atoms with Gasteiger partial charge in [-0.2, -0.15) is 0 Å². The van der Waals surface area contributed by atoms with Crippen molar-refractivity contribution in [2.24, 2.45) is 0 Å². The number of nitrogens with zero attached hydrogens (tertiary/aromatic N) is 5. The minimum atomic E-state index is -0.441. The van der Waals surface area contributed by atoms with E-state index in [0.29, 0.717) is 13.1 Å². The lowest BCUT2D eigenvalue weighted by Gasteiger charge is -2.33. The molecule has 0 atom stereocenters. The Kier molecular flexibility index (Phi) is 3.49. The van der Waals surface area contributed by atoms with Crippen molar-refractivity contribution in [3.8, 4) is 0 Å². The molecule has 0 aromatic carbocycles. The van der Waals surface area contributed by atoms with Crippen LogP contribution in [-0.2, 0) is 4.74 Å². The van der Waals surface area contributed by atoms with Gasteiger partial charge in [-0.25, -0.2) is 9.48 Å². The number of hydrogen-bond acceptors (Lipinski definition) is 5. The van der Waals surface area contributed by atoms with Gasteiger partial charge in [0.2, 0.25) is 0 Å². The highest BCUT2D eigenvalue weighted by molar-refractivity contribution is 5.68. The topological polar surface area (TPSA) is 73.1 Å². The van der Waals surface area contributed by atoms with Crippen molar-refractivity contribution >= 4 is 6.09 Å². The van der Waals surface area contributed by atoms with E-state index in [-0.39, 0.29) is 12.1 Å². The Morgan fingerprint density at radius 2 is 2.00 bits per heavy atom. The van der Waals surface area contributed by atoms with E-state index in [0.717, 1.165) is 12.8 Å². The highest BCUT2D eigenvalue weighted by Crippen LogP contribution is 2.22. The summed E-state index contributed by atoms with van der Waals surface area (Å²) in [5, 5.41) is 11.1. The summed E-state index contributed by atoms with van der Waals surface area (Å²) in [5.74, 6) is 0. The van der Waals surface area contributed by atoms with E-state index in [1.807, 2.05) is 20.8 Å². The molecule has 0 unspecified atom stereocenters. The standard InChI is InChI=1S/C11H19N5O2/c1-11(2,3)18-10(17)15-6-4-9(5-7-15)16-8-12-13-14-16/h8-9H,4-7H2,1-3H3. The van der Waals surface area contributed by atoms with Gasteiger partial charge in [0.1, 0.15) is 11.9 Å². The number of amides is 1. The van der Waals surface area contributed by atoms with Crippen LogP contribution in [0.2, 0.25) is 0 Å². The van der Waals surface area contributed by atoms with Crippen LogP contribution < -0.4 is 0 Å². The van der Waals surface area contributed by atoms with Gasteiger partial charge in [-0.05, 0) is 44.0 Å². The Hall–Kier alpha value is -1.66. The molecule has 100 valence electrons. The first-order valence-electron chi connectivity index (χ1n) is 6.16. The second-order valence-electron chi connectivity index (χ2n) is 5.49. The van der Waals surface area contributed by atoms with Crippen molar-refractivity contribution in [3.05, 3.63) is 6.33 Å². The number of carbonyl (C=O) groups excluding carboxylic acids is 1. The highest BCUT2D eigenvalue weighted by atomic mass is 16.6. The second kappa shape index (κ2) is 4.91. The molecule has 7 heteroatoms. The first-order valence-corrected chi connectivity index (χ1v) is 6.16. The third-order valence-electron chi connectivity index (χ3n) is 2.86. The number of hydrogen-bond donors (Lipinski definition) is 0. The van der Waals surface area contributed by atoms with Crippen molar-refractivity contribution < 1.29 is 9.53 Å². The predicted octanol–water partition coefficient (Wildman–Crippen LogP) is 1.25. The molecule has 1 amide bonds. The fraction of sp³-hybridized carbons (Fsp3) is 0.818. The van der Waals surface area contributed by atoms with Crippen LogP contribution in [0.25, 0.3) is 0 Å². The number of aromatic nitrogens is 4. The number of carbonyl (C=O) groups is 1. The van der Waals surface area contributed by atoms with Crippen molar-refractivity contribution in [1.29, 1.82) is 0 Å². The summed E-state index contributed by atoms with van der Waals surface area (Å²) in [6, 6.07) is 0.277. The third-order valence-corrected chi connectivity index (χ3v) is 2.86. The lowest BCUT2D eigenvalue weighted by molar-refractivity contribution is 0.0184. The molecule has 1 saturated heterocycles. The van der Waals surface area contributed by atoms with Gasteiger partial charge in [0.05, 0.1) is 6.04 Å². The monoisotopic (exact) mass is 253 g/mol. The molecule has 18 heavy (non-hydrogen) atoms. The van der Waals surface area contributed by atoms with E-state index in [1.165, 1.54) is 0 Å². The van der Waals surface area contributed by atoms with Crippen LogP contribution in [-0.4, -0.2) is 49.9 Å². The van der Waals surface area contributed by atoms with Gasteiger partial charge in [0, 0.05) is 13.1 Å². The molecule has 7 nitrogen and oxygen atoms in total. The molecule has 0 spiro atoms. The maximum Gasteiger partial charge on any atom is 0.410 e. The molecule has 1 aromatic rings. The molecule has 0 bridgehead atoms. The predicted molar refractivity (Wildman–Crippen MR) is 63.9 cm³/mol. The van der Waals surface area contributed by atoms with Gasteiger partial charge >= 0.3 is 6.09 Å². The van der Waals surface area contributed by atoms with Crippen molar-refractivity contribution in [2.45, 2.75) is 45.3 Å². The summed E-state index contributed by atoms with van der Waals surface area (Å²) in [6.45, 7) is 6.98. The average Bonchev–Trinajstić information content (AvgIpc) is 2.80. The average molecular weight is 253 g/mol. The third kappa shape index (κ3) is 3.18. The van der Waals surface area contributed by atoms with Crippen LogP contribution in [0.5, 0.6) is 0 Å². The molecule has 2 rings (SSSR count). The maximum absolute atomic E-state index is 11.9. The van der Waals surface area contributed by atoms with Crippen LogP contribution in [0.3, 0.4) is 0 Å². The van der Waals surface area contributed by atoms with Gasteiger partial charge < -0.3 is 9.64 Å². The Morgan fingerprint density at radius 1 is 1.33 bits per heavy atom. The SMILES string of the molecule is CC(C)(C)OC(=O)N1CCC(n2cnnn2)CC1. The number of tetrazole rings is 1. The van der Waals surface area contributed by atoms with Gasteiger partial charge in [-0.3, -0.25) is 0 Å². The fourth-order valence-electron chi connectivity index (χ4n) is 1.98. The minimum absolute atomic E-state index is 0.238. The Bertz CT molecular complexity index is 390. The minimum Gasteiger partial charge on any atom is -0.444 e. The summed E-state index contributed by atoms with van der Waals surface area (Å²) in [6.07, 6.45) is 3.08. The molecule has 1 aliphatic heterocycles. The molecule has 0 radical (unpaired) electrons. The number of piperidine rings is 1. The van der Waals surface area contributed by atoms with Crippen LogP contribution in [0.15, 0.2) is 6.33 Å². The van der Waals surface area contributed by atoms with Crippen LogP contribution in [0.1, 0.15) is 39.7 Å². The zero-order chi connectivity index (χ0) is 13.2. The molecule has 1 aromatic heterocycles. The zero-order valence-corrected chi connectivity index (χ0v) is 11.0.